The summed E-state index contributed by atoms with van der Waals surface area (Å²) in [6.45, 7) is 3.88. The zero-order chi connectivity index (χ0) is 15.1. The average Bonchev–Trinajstić information content (AvgIpc) is 2.30. The molecule has 2 rings (SSSR count). The molecule has 112 valence electrons. The summed E-state index contributed by atoms with van der Waals surface area (Å²) in [5, 5.41) is 3.07. The van der Waals surface area contributed by atoms with Gasteiger partial charge in [-0.3, -0.25) is 0 Å². The SMILES string of the molecule is CC1CN(S(=O)(=O)c2c(F)cc(F)cc2F)C(C)CN1. The van der Waals surface area contributed by atoms with E-state index in [0.29, 0.717) is 18.7 Å². The van der Waals surface area contributed by atoms with E-state index in [0.717, 1.165) is 4.31 Å². The number of halogens is 3. The second-order valence-electron chi connectivity index (χ2n) is 4.93. The second kappa shape index (κ2) is 5.34. The zero-order valence-corrected chi connectivity index (χ0v) is 11.8. The van der Waals surface area contributed by atoms with Crippen molar-refractivity contribution in [3.05, 3.63) is 29.6 Å². The molecule has 1 aliphatic rings. The highest BCUT2D eigenvalue weighted by molar-refractivity contribution is 7.89. The third-order valence-corrected chi connectivity index (χ3v) is 5.27. The molecule has 2 unspecified atom stereocenters. The number of hydrogen-bond donors (Lipinski definition) is 1. The molecular formula is C12H15F3N2O2S. The maximum absolute atomic E-state index is 13.7. The summed E-state index contributed by atoms with van der Waals surface area (Å²) in [7, 11) is -4.35. The van der Waals surface area contributed by atoms with E-state index in [-0.39, 0.29) is 12.6 Å². The molecule has 1 saturated heterocycles. The Kier molecular flexibility index (Phi) is 4.08. The fraction of sp³-hybridized carbons (Fsp3) is 0.500. The van der Waals surface area contributed by atoms with Gasteiger partial charge in [0.2, 0.25) is 10.0 Å². The fourth-order valence-corrected chi connectivity index (χ4v) is 4.03. The summed E-state index contributed by atoms with van der Waals surface area (Å²) < 4.78 is 66.1. The van der Waals surface area contributed by atoms with E-state index in [9.17, 15) is 21.6 Å². The lowest BCUT2D eigenvalue weighted by molar-refractivity contribution is 0.243. The molecule has 0 amide bonds. The van der Waals surface area contributed by atoms with Crippen molar-refractivity contribution in [3.63, 3.8) is 0 Å². The Labute approximate surface area is 115 Å². The Morgan fingerprint density at radius 3 is 2.30 bits per heavy atom. The van der Waals surface area contributed by atoms with Crippen molar-refractivity contribution in [2.24, 2.45) is 0 Å². The minimum atomic E-state index is -4.35. The van der Waals surface area contributed by atoms with Crippen LogP contribution in [0.5, 0.6) is 0 Å². The summed E-state index contributed by atoms with van der Waals surface area (Å²) in [6, 6.07) is 0.158. The Morgan fingerprint density at radius 2 is 1.75 bits per heavy atom. The summed E-state index contributed by atoms with van der Waals surface area (Å²) in [5.41, 5.74) is 0. The van der Waals surface area contributed by atoms with Gasteiger partial charge in [-0.15, -0.1) is 0 Å². The maximum Gasteiger partial charge on any atom is 0.249 e. The molecule has 1 heterocycles. The predicted octanol–water partition coefficient (Wildman–Crippen LogP) is 1.47. The van der Waals surface area contributed by atoms with Crippen LogP contribution in [0.15, 0.2) is 17.0 Å². The highest BCUT2D eigenvalue weighted by Crippen LogP contribution is 2.26. The summed E-state index contributed by atoms with van der Waals surface area (Å²) in [5.74, 6) is -3.98. The minimum Gasteiger partial charge on any atom is -0.311 e. The fourth-order valence-electron chi connectivity index (χ4n) is 2.22. The van der Waals surface area contributed by atoms with Crippen LogP contribution in [0.1, 0.15) is 13.8 Å². The first-order valence-corrected chi connectivity index (χ1v) is 7.57. The van der Waals surface area contributed by atoms with Gasteiger partial charge >= 0.3 is 0 Å². The van der Waals surface area contributed by atoms with Crippen LogP contribution in [0.25, 0.3) is 0 Å². The average molecular weight is 308 g/mol. The van der Waals surface area contributed by atoms with Crippen LogP contribution in [0.4, 0.5) is 13.2 Å². The number of benzene rings is 1. The molecular weight excluding hydrogens is 293 g/mol. The maximum atomic E-state index is 13.7. The van der Waals surface area contributed by atoms with E-state index >= 15 is 0 Å². The Hall–Kier alpha value is -1.12. The van der Waals surface area contributed by atoms with Gasteiger partial charge in [0.1, 0.15) is 17.5 Å². The van der Waals surface area contributed by atoms with Gasteiger partial charge in [0.15, 0.2) is 4.90 Å². The first-order valence-electron chi connectivity index (χ1n) is 6.13. The molecule has 20 heavy (non-hydrogen) atoms. The van der Waals surface area contributed by atoms with E-state index in [1.54, 1.807) is 13.8 Å². The van der Waals surface area contributed by atoms with Crippen LogP contribution in [0, 0.1) is 17.5 Å². The van der Waals surface area contributed by atoms with Gasteiger partial charge in [-0.2, -0.15) is 4.31 Å². The molecule has 0 aliphatic carbocycles. The first kappa shape index (κ1) is 15.3. The monoisotopic (exact) mass is 308 g/mol. The molecule has 2 atom stereocenters. The lowest BCUT2D eigenvalue weighted by Crippen LogP contribution is -2.56. The lowest BCUT2D eigenvalue weighted by atomic mass is 10.2. The second-order valence-corrected chi connectivity index (χ2v) is 6.76. The van der Waals surface area contributed by atoms with Crippen molar-refractivity contribution < 1.29 is 21.6 Å². The number of rotatable bonds is 2. The Bertz CT molecular complexity index is 598. The van der Waals surface area contributed by atoms with E-state index in [1.807, 2.05) is 0 Å². The molecule has 1 fully saturated rings. The smallest absolute Gasteiger partial charge is 0.249 e. The van der Waals surface area contributed by atoms with Crippen LogP contribution in [0.2, 0.25) is 0 Å². The summed E-state index contributed by atoms with van der Waals surface area (Å²) in [4.78, 5) is -1.10. The highest BCUT2D eigenvalue weighted by atomic mass is 32.2. The van der Waals surface area contributed by atoms with Crippen LogP contribution in [-0.2, 0) is 10.0 Å². The van der Waals surface area contributed by atoms with Gasteiger partial charge in [0, 0.05) is 37.3 Å². The number of sulfonamides is 1. The van der Waals surface area contributed by atoms with Gasteiger partial charge < -0.3 is 5.32 Å². The third kappa shape index (κ3) is 2.68. The quantitative estimate of drug-likeness (QED) is 0.900. The van der Waals surface area contributed by atoms with Crippen molar-refractivity contribution in [3.8, 4) is 0 Å². The largest absolute Gasteiger partial charge is 0.311 e. The number of nitrogens with one attached hydrogen (secondary N) is 1. The van der Waals surface area contributed by atoms with Crippen molar-refractivity contribution >= 4 is 10.0 Å². The van der Waals surface area contributed by atoms with Crippen molar-refractivity contribution in [2.75, 3.05) is 13.1 Å². The van der Waals surface area contributed by atoms with Crippen molar-refractivity contribution in [2.45, 2.75) is 30.8 Å². The minimum absolute atomic E-state index is 0.0970. The molecule has 8 heteroatoms. The molecule has 4 nitrogen and oxygen atoms in total. The van der Waals surface area contributed by atoms with Crippen LogP contribution >= 0.6 is 0 Å². The Balaban J connectivity index is 2.50. The lowest BCUT2D eigenvalue weighted by Gasteiger charge is -2.36. The normalized spacial score (nSPS) is 24.9. The topological polar surface area (TPSA) is 49.4 Å². The Morgan fingerprint density at radius 1 is 1.20 bits per heavy atom. The van der Waals surface area contributed by atoms with Gasteiger partial charge in [0.25, 0.3) is 0 Å². The van der Waals surface area contributed by atoms with Gasteiger partial charge in [-0.05, 0) is 13.8 Å². The highest BCUT2D eigenvalue weighted by Gasteiger charge is 2.37. The molecule has 0 radical (unpaired) electrons. The van der Waals surface area contributed by atoms with Crippen LogP contribution in [0.3, 0.4) is 0 Å². The molecule has 0 bridgehead atoms. The third-order valence-electron chi connectivity index (χ3n) is 3.24. The van der Waals surface area contributed by atoms with Crippen LogP contribution in [-0.4, -0.2) is 37.9 Å². The molecule has 1 N–H and O–H groups in total. The molecule has 0 aromatic heterocycles. The van der Waals surface area contributed by atoms with Gasteiger partial charge in [-0.25, -0.2) is 21.6 Å². The van der Waals surface area contributed by atoms with Gasteiger partial charge in [-0.1, -0.05) is 0 Å². The summed E-state index contributed by atoms with van der Waals surface area (Å²) >= 11 is 0. The van der Waals surface area contributed by atoms with Crippen molar-refractivity contribution in [1.82, 2.24) is 9.62 Å². The van der Waals surface area contributed by atoms with E-state index in [1.165, 1.54) is 0 Å². The molecule has 1 aliphatic heterocycles. The number of hydrogen-bond acceptors (Lipinski definition) is 3. The van der Waals surface area contributed by atoms with E-state index in [4.69, 9.17) is 0 Å². The number of nitrogens with zero attached hydrogens (tertiary/aromatic N) is 1. The van der Waals surface area contributed by atoms with Gasteiger partial charge in [0.05, 0.1) is 0 Å². The van der Waals surface area contributed by atoms with E-state index < -0.39 is 38.4 Å². The molecule has 1 aromatic rings. The molecule has 0 saturated carbocycles. The van der Waals surface area contributed by atoms with E-state index in [2.05, 4.69) is 5.32 Å². The standard InChI is InChI=1S/C12H15F3N2O2S/c1-7-6-17(8(2)5-16-7)20(18,19)12-10(14)3-9(13)4-11(12)15/h3-4,7-8,16H,5-6H2,1-2H3. The first-order chi connectivity index (χ1) is 9.23. The number of piperazine rings is 1. The molecule has 0 spiro atoms. The molecule has 1 aromatic carbocycles. The van der Waals surface area contributed by atoms with Crippen LogP contribution < -0.4 is 5.32 Å². The van der Waals surface area contributed by atoms with Crippen molar-refractivity contribution in [1.29, 1.82) is 0 Å². The summed E-state index contributed by atoms with van der Waals surface area (Å²) in [6.07, 6.45) is 0. The zero-order valence-electron chi connectivity index (χ0n) is 11.0. The predicted molar refractivity (Wildman–Crippen MR) is 67.1 cm³/mol.